The number of hydrogen-bond donors (Lipinski definition) is 26. The van der Waals surface area contributed by atoms with E-state index in [0.29, 0.717) is 0 Å². The Labute approximate surface area is 610 Å². The molecule has 41 heteroatoms. The molecule has 0 spiro atoms. The van der Waals surface area contributed by atoms with Crippen LogP contribution in [0.15, 0.2) is 24.3 Å². The summed E-state index contributed by atoms with van der Waals surface area (Å²) in [5.41, 5.74) is 5.42. The number of nitrogens with one attached hydrogen (secondary N) is 4. The second kappa shape index (κ2) is 57.7. The van der Waals surface area contributed by atoms with E-state index in [9.17, 15) is 116 Å². The van der Waals surface area contributed by atoms with E-state index in [1.54, 1.807) is 11.9 Å². The largest absolute Gasteiger partial charge is 0.394 e. The quantitative estimate of drug-likeness (QED) is 0.0269. The first-order valence-electron chi connectivity index (χ1n) is 34.7. The molecule has 41 nitrogen and oxygen atoms in total. The molecule has 0 heterocycles. The smallest absolute Gasteiger partial charge is 0.312 e. The van der Waals surface area contributed by atoms with Crippen LogP contribution in [0.3, 0.4) is 0 Å². The Morgan fingerprint density at radius 1 is 0.419 bits per heavy atom. The van der Waals surface area contributed by atoms with Gasteiger partial charge in [-0.05, 0) is 43.5 Å². The number of aliphatic hydroxyl groups excluding tert-OH is 21. The van der Waals surface area contributed by atoms with Crippen molar-refractivity contribution in [1.29, 1.82) is 0 Å². The minimum absolute atomic E-state index is 0.00220. The van der Waals surface area contributed by atoms with Crippen LogP contribution in [0.2, 0.25) is 0 Å². The number of amides is 5. The summed E-state index contributed by atoms with van der Waals surface area (Å²) in [6.07, 6.45) is -31.1. The van der Waals surface area contributed by atoms with Crippen LogP contribution < -0.4 is 27.0 Å². The van der Waals surface area contributed by atoms with E-state index in [-0.39, 0.29) is 175 Å². The fourth-order valence-electron chi connectivity index (χ4n) is 9.94. The molecule has 27 N–H and O–H groups in total. The van der Waals surface area contributed by atoms with Crippen LogP contribution >= 0.6 is 0 Å². The molecule has 105 heavy (non-hydrogen) atoms. The molecule has 0 aliphatic carbocycles. The zero-order valence-corrected chi connectivity index (χ0v) is 60.0. The van der Waals surface area contributed by atoms with Crippen molar-refractivity contribution in [1.82, 2.24) is 30.7 Å². The standard InChI is InChI=1S/C64H122N8O33/c1-39(2)51(66-3)62(95)69-42(5-4-10-67-64(65)97)61(94)68-41-8-6-40(7-9-41)52(85)63(96)72(34-46(80)56(89)60(93)50(84)38-76)14-18-101-22-26-105-30-29-103-24-20-99-16-12-70(31-43(77)53(86)57(90)47(81)35-73)11-15-98-19-23-102-27-28-104-25-21-100-17-13-71(32-44(78)54(87)58(91)48(82)36-74)33-45(79)55(88)59(92)49(83)37-75/h6-9,39,42-60,66,73-93H,4-5,10-38H2,1-3H3,(H,68,94)(H,69,95)(H3,65,67,97)/t42-,43-,44-,45-,46-,47+,48+,49+,50+,51-,52?,53+,54+,55+,56+,57+,58+,59+,60+/m0/s1. The maximum atomic E-state index is 13.8. The molecule has 19 atom stereocenters. The summed E-state index contributed by atoms with van der Waals surface area (Å²) >= 11 is 0. The van der Waals surface area contributed by atoms with Crippen LogP contribution in [0.1, 0.15) is 38.4 Å². The topological polar surface area (TPSA) is 651 Å². The number of carbonyl (C=O) groups excluding carboxylic acids is 4. The highest BCUT2D eigenvalue weighted by Gasteiger charge is 2.37. The number of carbonyl (C=O) groups is 4. The summed E-state index contributed by atoms with van der Waals surface area (Å²) in [5, 5.41) is 222. The summed E-state index contributed by atoms with van der Waals surface area (Å²) in [6.45, 7) is -0.240. The van der Waals surface area contributed by atoms with Gasteiger partial charge in [-0.3, -0.25) is 24.2 Å². The molecular formula is C64H122N8O33. The fraction of sp³-hybridized carbons (Fsp3) is 0.844. The summed E-state index contributed by atoms with van der Waals surface area (Å²) in [6, 6.07) is 3.05. The predicted molar refractivity (Wildman–Crippen MR) is 367 cm³/mol. The minimum atomic E-state index is -2.05. The van der Waals surface area contributed by atoms with Crippen molar-refractivity contribution in [3.63, 3.8) is 0 Å². The molecule has 0 bridgehead atoms. The van der Waals surface area contributed by atoms with Crippen LogP contribution in [0, 0.1) is 5.92 Å². The average molecular weight is 1530 g/mol. The molecule has 5 amide bonds. The number of urea groups is 1. The molecule has 0 saturated heterocycles. The van der Waals surface area contributed by atoms with Crippen LogP contribution in [0.25, 0.3) is 0 Å². The maximum absolute atomic E-state index is 13.8. The molecule has 0 fully saturated rings. The van der Waals surface area contributed by atoms with Crippen LogP contribution in [-0.2, 0) is 52.3 Å². The number of hydrogen-bond acceptors (Lipinski definition) is 36. The number of nitrogens with zero attached hydrogens (tertiary/aromatic N) is 3. The van der Waals surface area contributed by atoms with E-state index in [0.717, 1.165) is 4.90 Å². The Balaban J connectivity index is 2.67. The normalized spacial score (nSPS) is 17.6. The van der Waals surface area contributed by atoms with E-state index in [1.807, 2.05) is 13.8 Å². The van der Waals surface area contributed by atoms with E-state index < -0.39 is 186 Å². The molecular weight excluding hydrogens is 1410 g/mol. The van der Waals surface area contributed by atoms with Gasteiger partial charge in [-0.25, -0.2) is 4.79 Å². The highest BCUT2D eigenvalue weighted by molar-refractivity contribution is 5.98. The van der Waals surface area contributed by atoms with Gasteiger partial charge in [0.25, 0.3) is 5.91 Å². The molecule has 0 aromatic heterocycles. The molecule has 0 aliphatic rings. The Morgan fingerprint density at radius 2 is 0.733 bits per heavy atom. The van der Waals surface area contributed by atoms with Gasteiger partial charge in [-0.15, -0.1) is 0 Å². The van der Waals surface area contributed by atoms with Crippen molar-refractivity contribution in [2.24, 2.45) is 11.7 Å². The molecule has 616 valence electrons. The molecule has 1 aromatic carbocycles. The van der Waals surface area contributed by atoms with Gasteiger partial charge >= 0.3 is 6.03 Å². The lowest BCUT2D eigenvalue weighted by Crippen LogP contribution is -2.53. The number of likely N-dealkylation sites (N-methyl/N-ethyl adjacent to an activating group) is 1. The second-order valence-electron chi connectivity index (χ2n) is 25.0. The van der Waals surface area contributed by atoms with Crippen molar-refractivity contribution >= 4 is 29.4 Å². The molecule has 1 rings (SSSR count). The zero-order chi connectivity index (χ0) is 79.0. The lowest BCUT2D eigenvalue weighted by Gasteiger charge is -2.33. The summed E-state index contributed by atoms with van der Waals surface area (Å²) in [7, 11) is 1.61. The van der Waals surface area contributed by atoms with Gasteiger partial charge in [0.2, 0.25) is 11.8 Å². The lowest BCUT2D eigenvalue weighted by molar-refractivity contribution is -0.148. The fourth-order valence-corrected chi connectivity index (χ4v) is 9.94. The Bertz CT molecular complexity index is 2350. The number of primary amides is 1. The van der Waals surface area contributed by atoms with Gasteiger partial charge in [-0.2, -0.15) is 0 Å². The Morgan fingerprint density at radius 3 is 1.07 bits per heavy atom. The van der Waals surface area contributed by atoms with Gasteiger partial charge in [0, 0.05) is 64.6 Å². The molecule has 1 aromatic rings. The van der Waals surface area contributed by atoms with Gasteiger partial charge < -0.3 is 177 Å². The van der Waals surface area contributed by atoms with Gasteiger partial charge in [-0.1, -0.05) is 26.0 Å². The Kier molecular flexibility index (Phi) is 54.2. The number of rotatable bonds is 66. The highest BCUT2D eigenvalue weighted by Crippen LogP contribution is 2.21. The number of aliphatic hydroxyl groups is 21. The SMILES string of the molecule is CN[C@H](C(=O)N[C@@H](CCCNC(N)=O)C(=O)Nc1ccc(C(O)C(=O)N(CCOCCOCCOCCOCCN(CCOCCOCCOCCOCCN(C[C@H](O)[C@@H](O)[C@H](O)[C@H](O)CO)C[C@H](O)[C@@H](O)[C@H](O)[C@H](O)CO)C[C@H](O)[C@@H](O)[C@H](O)[C@H](O)CO)C[C@H](O)[C@@H](O)[C@H](O)[C@H](O)CO)cc1)C(C)C. The summed E-state index contributed by atoms with van der Waals surface area (Å²) in [4.78, 5) is 55.5. The first-order valence-corrected chi connectivity index (χ1v) is 34.7. The van der Waals surface area contributed by atoms with E-state index in [1.165, 1.54) is 29.2 Å². The Hall–Kier alpha value is -4.38. The van der Waals surface area contributed by atoms with Crippen molar-refractivity contribution < 1.29 is 164 Å². The van der Waals surface area contributed by atoms with Crippen molar-refractivity contribution in [3.05, 3.63) is 29.8 Å². The van der Waals surface area contributed by atoms with Crippen LogP contribution in [0.5, 0.6) is 0 Å². The summed E-state index contributed by atoms with van der Waals surface area (Å²) < 4.78 is 44.7. The predicted octanol–water partition coefficient (Wildman–Crippen LogP) is -12.9. The van der Waals surface area contributed by atoms with Crippen LogP contribution in [-0.4, -0.2) is 454 Å². The maximum Gasteiger partial charge on any atom is 0.312 e. The van der Waals surface area contributed by atoms with Gasteiger partial charge in [0.05, 0.1) is 156 Å². The lowest BCUT2D eigenvalue weighted by atomic mass is 10.0. The van der Waals surface area contributed by atoms with Crippen molar-refractivity contribution in [3.8, 4) is 0 Å². The number of nitrogens with two attached hydrogens (primary N) is 1. The first-order chi connectivity index (χ1) is 49.9. The third-order valence-electron chi connectivity index (χ3n) is 16.3. The number of anilines is 1. The van der Waals surface area contributed by atoms with E-state index >= 15 is 0 Å². The molecule has 0 radical (unpaired) electrons. The van der Waals surface area contributed by atoms with E-state index in [4.69, 9.17) is 53.8 Å². The molecule has 1 unspecified atom stereocenters. The first kappa shape index (κ1) is 98.6. The third-order valence-corrected chi connectivity index (χ3v) is 16.3. The monoisotopic (exact) mass is 1530 g/mol. The number of ether oxygens (including phenoxy) is 8. The van der Waals surface area contributed by atoms with Crippen molar-refractivity contribution in [2.45, 2.75) is 143 Å². The third kappa shape index (κ3) is 40.8. The number of benzene rings is 1. The van der Waals surface area contributed by atoms with Gasteiger partial charge in [0.15, 0.2) is 6.10 Å². The summed E-state index contributed by atoms with van der Waals surface area (Å²) in [5.74, 6) is -2.13. The average Bonchev–Trinajstić information content (AvgIpc) is 0.850. The highest BCUT2D eigenvalue weighted by atomic mass is 16.6. The van der Waals surface area contributed by atoms with Gasteiger partial charge in [0.1, 0.15) is 85.4 Å². The van der Waals surface area contributed by atoms with Crippen molar-refractivity contribution in [2.75, 3.05) is 203 Å². The molecule has 0 saturated carbocycles. The zero-order valence-electron chi connectivity index (χ0n) is 60.0. The second-order valence-corrected chi connectivity index (χ2v) is 25.0. The minimum Gasteiger partial charge on any atom is -0.394 e. The van der Waals surface area contributed by atoms with E-state index in [2.05, 4.69) is 21.3 Å². The molecule has 0 aliphatic heterocycles. The van der Waals surface area contributed by atoms with Crippen LogP contribution in [0.4, 0.5) is 10.5 Å².